The van der Waals surface area contributed by atoms with Crippen LogP contribution in [-0.4, -0.2) is 29.3 Å². The first-order chi connectivity index (χ1) is 11.1. The first-order valence-corrected chi connectivity index (χ1v) is 8.30. The molecule has 1 saturated carbocycles. The number of carbonyl (C=O) groups is 1. The predicted molar refractivity (Wildman–Crippen MR) is 89.5 cm³/mol. The Kier molecular flexibility index (Phi) is 5.08. The van der Waals surface area contributed by atoms with Crippen LogP contribution >= 0.6 is 23.2 Å². The van der Waals surface area contributed by atoms with Crippen molar-refractivity contribution in [2.24, 2.45) is 0 Å². The van der Waals surface area contributed by atoms with E-state index in [1.807, 2.05) is 6.07 Å². The van der Waals surface area contributed by atoms with Crippen molar-refractivity contribution in [1.29, 1.82) is 0 Å². The van der Waals surface area contributed by atoms with E-state index in [0.717, 1.165) is 5.69 Å². The Morgan fingerprint density at radius 3 is 2.91 bits per heavy atom. The molecule has 23 heavy (non-hydrogen) atoms. The summed E-state index contributed by atoms with van der Waals surface area (Å²) in [4.78, 5) is 12.0. The number of carbonyl (C=O) groups excluding carboxylic acids is 1. The largest absolute Gasteiger partial charge is 0.492 e. The van der Waals surface area contributed by atoms with E-state index in [0.29, 0.717) is 47.0 Å². The lowest BCUT2D eigenvalue weighted by atomic mass is 10.2. The van der Waals surface area contributed by atoms with Gasteiger partial charge in [-0.15, -0.1) is 0 Å². The Hall–Kier alpha value is -1.72. The highest BCUT2D eigenvalue weighted by molar-refractivity contribution is 6.35. The van der Waals surface area contributed by atoms with Gasteiger partial charge in [0.15, 0.2) is 0 Å². The van der Waals surface area contributed by atoms with E-state index in [-0.39, 0.29) is 5.91 Å². The third-order valence-electron chi connectivity index (χ3n) is 3.61. The number of hydrogen-bond acceptors (Lipinski definition) is 3. The smallest absolute Gasteiger partial charge is 0.271 e. The molecular formula is C16H17Cl2N3O2. The van der Waals surface area contributed by atoms with Gasteiger partial charge in [-0.25, -0.2) is 0 Å². The Morgan fingerprint density at radius 2 is 2.17 bits per heavy atom. The van der Waals surface area contributed by atoms with Gasteiger partial charge >= 0.3 is 0 Å². The van der Waals surface area contributed by atoms with E-state index in [1.54, 1.807) is 18.2 Å². The Morgan fingerprint density at radius 1 is 1.35 bits per heavy atom. The number of nitrogens with zero attached hydrogens (tertiary/aromatic N) is 1. The second-order valence-corrected chi connectivity index (χ2v) is 6.36. The third kappa shape index (κ3) is 4.39. The van der Waals surface area contributed by atoms with Crippen LogP contribution in [0.2, 0.25) is 10.0 Å². The second kappa shape index (κ2) is 7.23. The van der Waals surface area contributed by atoms with Crippen molar-refractivity contribution < 1.29 is 9.53 Å². The average Bonchev–Trinajstić information content (AvgIpc) is 3.26. The number of ether oxygens (including phenoxy) is 1. The highest BCUT2D eigenvalue weighted by Gasteiger charge is 2.26. The molecule has 0 unspecified atom stereocenters. The lowest BCUT2D eigenvalue weighted by molar-refractivity contribution is 0.0946. The maximum absolute atomic E-state index is 12.0. The molecule has 1 amide bonds. The molecule has 1 heterocycles. The first-order valence-electron chi connectivity index (χ1n) is 7.55. The number of halogens is 2. The minimum atomic E-state index is -0.169. The number of aromatic amines is 1. The van der Waals surface area contributed by atoms with Crippen molar-refractivity contribution in [2.45, 2.75) is 25.2 Å². The summed E-state index contributed by atoms with van der Waals surface area (Å²) in [5, 5.41) is 10.8. The summed E-state index contributed by atoms with van der Waals surface area (Å²) in [6, 6.07) is 6.91. The van der Waals surface area contributed by atoms with E-state index in [2.05, 4.69) is 15.5 Å². The number of rotatable bonds is 7. The van der Waals surface area contributed by atoms with Crippen LogP contribution < -0.4 is 10.1 Å². The summed E-state index contributed by atoms with van der Waals surface area (Å²) in [6.45, 7) is 0.963. The molecule has 0 spiro atoms. The predicted octanol–water partition coefficient (Wildman–Crippen LogP) is 3.79. The summed E-state index contributed by atoms with van der Waals surface area (Å²) in [5.41, 5.74) is 1.49. The Bertz CT molecular complexity index is 698. The van der Waals surface area contributed by atoms with Crippen LogP contribution in [0.4, 0.5) is 0 Å². The molecule has 2 aromatic rings. The Balaban J connectivity index is 1.38. The molecule has 0 atom stereocenters. The van der Waals surface area contributed by atoms with Crippen LogP contribution in [0.1, 0.15) is 41.4 Å². The minimum absolute atomic E-state index is 0.169. The van der Waals surface area contributed by atoms with E-state index in [1.165, 1.54) is 12.8 Å². The van der Waals surface area contributed by atoms with Crippen LogP contribution in [0.25, 0.3) is 0 Å². The van der Waals surface area contributed by atoms with Gasteiger partial charge < -0.3 is 10.1 Å². The molecule has 1 aromatic heterocycles. The summed E-state index contributed by atoms with van der Waals surface area (Å²) in [7, 11) is 0. The fourth-order valence-corrected chi connectivity index (χ4v) is 2.66. The fourth-order valence-electron chi connectivity index (χ4n) is 2.20. The quantitative estimate of drug-likeness (QED) is 0.744. The molecule has 3 rings (SSSR count). The molecule has 122 valence electrons. The van der Waals surface area contributed by atoms with Crippen molar-refractivity contribution in [2.75, 3.05) is 13.2 Å². The molecule has 5 nitrogen and oxygen atoms in total. The maximum atomic E-state index is 12.0. The molecule has 0 aliphatic heterocycles. The van der Waals surface area contributed by atoms with Gasteiger partial charge in [0.25, 0.3) is 5.91 Å². The zero-order chi connectivity index (χ0) is 16.2. The first kappa shape index (κ1) is 16.1. The van der Waals surface area contributed by atoms with Crippen molar-refractivity contribution in [3.63, 3.8) is 0 Å². The van der Waals surface area contributed by atoms with Gasteiger partial charge in [-0.3, -0.25) is 9.89 Å². The van der Waals surface area contributed by atoms with Crippen LogP contribution in [0.3, 0.4) is 0 Å². The standard InChI is InChI=1S/C16H17Cl2N3O2/c17-11-4-5-15(12(18)8-11)23-7-1-6-19-16(22)14-9-13(20-21-14)10-2-3-10/h4-5,8-10H,1-3,6-7H2,(H,19,22)(H,20,21). The van der Waals surface area contributed by atoms with Crippen molar-refractivity contribution >= 4 is 29.1 Å². The number of nitrogens with one attached hydrogen (secondary N) is 2. The van der Waals surface area contributed by atoms with Crippen LogP contribution in [0.15, 0.2) is 24.3 Å². The molecule has 2 N–H and O–H groups in total. The molecule has 0 bridgehead atoms. The van der Waals surface area contributed by atoms with Gasteiger partial charge in [-0.1, -0.05) is 23.2 Å². The lowest BCUT2D eigenvalue weighted by Crippen LogP contribution is -2.25. The SMILES string of the molecule is O=C(NCCCOc1ccc(Cl)cc1Cl)c1cc(C2CC2)[nH]n1. The third-order valence-corrected chi connectivity index (χ3v) is 4.14. The number of benzene rings is 1. The van der Waals surface area contributed by atoms with Crippen LogP contribution in [0.5, 0.6) is 5.75 Å². The number of amides is 1. The van der Waals surface area contributed by atoms with E-state index in [4.69, 9.17) is 27.9 Å². The molecular weight excluding hydrogens is 337 g/mol. The highest BCUT2D eigenvalue weighted by Crippen LogP contribution is 2.38. The van der Waals surface area contributed by atoms with Crippen LogP contribution in [-0.2, 0) is 0 Å². The Labute approximate surface area is 144 Å². The van der Waals surface area contributed by atoms with Gasteiger partial charge in [0.05, 0.1) is 11.6 Å². The zero-order valence-corrected chi connectivity index (χ0v) is 14.0. The zero-order valence-electron chi connectivity index (χ0n) is 12.4. The summed E-state index contributed by atoms with van der Waals surface area (Å²) >= 11 is 11.8. The molecule has 1 aliphatic rings. The number of H-pyrrole nitrogens is 1. The molecule has 1 fully saturated rings. The average molecular weight is 354 g/mol. The van der Waals surface area contributed by atoms with Crippen LogP contribution in [0, 0.1) is 0 Å². The molecule has 1 aromatic carbocycles. The normalized spacial score (nSPS) is 13.8. The summed E-state index contributed by atoms with van der Waals surface area (Å²) in [6.07, 6.45) is 3.02. The topological polar surface area (TPSA) is 67.0 Å². The van der Waals surface area contributed by atoms with Crippen molar-refractivity contribution in [1.82, 2.24) is 15.5 Å². The van der Waals surface area contributed by atoms with Crippen molar-refractivity contribution in [3.05, 3.63) is 45.7 Å². The van der Waals surface area contributed by atoms with Gasteiger partial charge in [0.1, 0.15) is 11.4 Å². The maximum Gasteiger partial charge on any atom is 0.271 e. The lowest BCUT2D eigenvalue weighted by Gasteiger charge is -2.08. The summed E-state index contributed by atoms with van der Waals surface area (Å²) in [5.74, 6) is 0.975. The van der Waals surface area contributed by atoms with Gasteiger partial charge in [0.2, 0.25) is 0 Å². The van der Waals surface area contributed by atoms with E-state index in [9.17, 15) is 4.79 Å². The molecule has 7 heteroatoms. The highest BCUT2D eigenvalue weighted by atomic mass is 35.5. The van der Waals surface area contributed by atoms with Crippen molar-refractivity contribution in [3.8, 4) is 5.75 Å². The van der Waals surface area contributed by atoms with E-state index >= 15 is 0 Å². The molecule has 0 saturated heterocycles. The van der Waals surface area contributed by atoms with Gasteiger partial charge in [-0.2, -0.15) is 5.10 Å². The minimum Gasteiger partial charge on any atom is -0.492 e. The molecule has 0 radical (unpaired) electrons. The monoisotopic (exact) mass is 353 g/mol. The molecule has 1 aliphatic carbocycles. The number of aromatic nitrogens is 2. The number of hydrogen-bond donors (Lipinski definition) is 2. The van der Waals surface area contributed by atoms with E-state index < -0.39 is 0 Å². The van der Waals surface area contributed by atoms with Gasteiger partial charge in [-0.05, 0) is 43.5 Å². The van der Waals surface area contributed by atoms with Gasteiger partial charge in [0, 0.05) is 23.2 Å². The summed E-state index contributed by atoms with van der Waals surface area (Å²) < 4.78 is 5.56. The second-order valence-electron chi connectivity index (χ2n) is 5.52. The fraction of sp³-hybridized carbons (Fsp3) is 0.375.